The van der Waals surface area contributed by atoms with E-state index < -0.39 is 5.97 Å². The highest BCUT2D eigenvalue weighted by Gasteiger charge is 2.33. The minimum atomic E-state index is -0.807. The number of carboxylic acids is 1. The first-order valence-electron chi connectivity index (χ1n) is 8.72. The van der Waals surface area contributed by atoms with Gasteiger partial charge in [-0.15, -0.1) is 11.3 Å². The van der Waals surface area contributed by atoms with Crippen LogP contribution in [0.5, 0.6) is 0 Å². The molecule has 2 aromatic rings. The smallest absolute Gasteiger partial charge is 0.337 e. The molecule has 3 nitrogen and oxygen atoms in total. The molecule has 1 heterocycles. The van der Waals surface area contributed by atoms with Crippen LogP contribution in [-0.4, -0.2) is 21.9 Å². The van der Waals surface area contributed by atoms with E-state index >= 15 is 0 Å². The lowest BCUT2D eigenvalue weighted by molar-refractivity contribution is 0.0696. The largest absolute Gasteiger partial charge is 0.478 e. The normalized spacial score (nSPS) is 16.0. The number of hydrogen-bond acceptors (Lipinski definition) is 4. The van der Waals surface area contributed by atoms with Crippen molar-refractivity contribution in [2.45, 2.75) is 46.6 Å². The average Bonchev–Trinajstić information content (AvgIpc) is 2.92. The van der Waals surface area contributed by atoms with Gasteiger partial charge in [-0.2, -0.15) is 0 Å². The lowest BCUT2D eigenvalue weighted by Crippen LogP contribution is -2.22. The zero-order valence-electron chi connectivity index (χ0n) is 15.0. The van der Waals surface area contributed by atoms with Crippen molar-refractivity contribution in [3.8, 4) is 10.4 Å². The van der Waals surface area contributed by atoms with Gasteiger partial charge in [-0.3, -0.25) is 0 Å². The molecular formula is C20H25NO2S2. The number of thiol groups is 1. The van der Waals surface area contributed by atoms with E-state index in [1.807, 2.05) is 22.5 Å². The van der Waals surface area contributed by atoms with Crippen molar-refractivity contribution < 1.29 is 9.90 Å². The van der Waals surface area contributed by atoms with E-state index in [1.54, 1.807) is 11.3 Å². The predicted octanol–water partition coefficient (Wildman–Crippen LogP) is 5.29. The molecule has 0 spiro atoms. The molecule has 1 aromatic carbocycles. The van der Waals surface area contributed by atoms with Crippen molar-refractivity contribution in [2.75, 3.05) is 6.54 Å². The first-order chi connectivity index (χ1) is 11.8. The molecule has 1 N–H and O–H groups in total. The molecule has 0 fully saturated rings. The van der Waals surface area contributed by atoms with Gasteiger partial charge < -0.3 is 5.11 Å². The number of aryl methyl sites for hydroxylation is 1. The van der Waals surface area contributed by atoms with E-state index in [9.17, 15) is 9.90 Å². The standard InChI is InChI=1S/C20H25NO2S2/c1-4-21(24)12-13-7-5-6-8-14(13)18-17(19(22)23)15-11-20(2,3)10-9-16(15)25-18/h5-8,24H,4,9-12H2,1-3H3,(H,22,23). The molecular weight excluding hydrogens is 350 g/mol. The Bertz CT molecular complexity index is 795. The second-order valence-electron chi connectivity index (χ2n) is 7.49. The van der Waals surface area contributed by atoms with Crippen LogP contribution < -0.4 is 0 Å². The molecule has 25 heavy (non-hydrogen) atoms. The first-order valence-corrected chi connectivity index (χ1v) is 9.94. The zero-order chi connectivity index (χ0) is 18.2. The van der Waals surface area contributed by atoms with Crippen LogP contribution in [0.4, 0.5) is 0 Å². The Morgan fingerprint density at radius 3 is 2.76 bits per heavy atom. The predicted molar refractivity (Wildman–Crippen MR) is 108 cm³/mol. The van der Waals surface area contributed by atoms with Gasteiger partial charge in [0.1, 0.15) is 0 Å². The van der Waals surface area contributed by atoms with Crippen molar-refractivity contribution >= 4 is 30.1 Å². The quantitative estimate of drug-likeness (QED) is 0.697. The van der Waals surface area contributed by atoms with Gasteiger partial charge in [0.25, 0.3) is 0 Å². The summed E-state index contributed by atoms with van der Waals surface area (Å²) in [6, 6.07) is 8.11. The van der Waals surface area contributed by atoms with Gasteiger partial charge in [0.15, 0.2) is 0 Å². The Hall–Kier alpha value is -1.30. The summed E-state index contributed by atoms with van der Waals surface area (Å²) in [4.78, 5) is 14.3. The summed E-state index contributed by atoms with van der Waals surface area (Å²) >= 11 is 6.15. The minimum absolute atomic E-state index is 0.166. The average molecular weight is 376 g/mol. The Labute approximate surface area is 159 Å². The third kappa shape index (κ3) is 3.78. The molecule has 3 rings (SSSR count). The van der Waals surface area contributed by atoms with Gasteiger partial charge in [-0.25, -0.2) is 9.10 Å². The number of carbonyl (C=O) groups is 1. The van der Waals surface area contributed by atoms with Crippen molar-refractivity contribution in [3.05, 3.63) is 45.8 Å². The lowest BCUT2D eigenvalue weighted by Gasteiger charge is -2.29. The molecule has 5 heteroatoms. The molecule has 1 aliphatic rings. The van der Waals surface area contributed by atoms with Crippen LogP contribution >= 0.6 is 24.2 Å². The van der Waals surface area contributed by atoms with Crippen molar-refractivity contribution in [1.29, 1.82) is 0 Å². The molecule has 1 aromatic heterocycles. The third-order valence-corrected chi connectivity index (χ3v) is 6.72. The summed E-state index contributed by atoms with van der Waals surface area (Å²) in [5, 5.41) is 9.94. The van der Waals surface area contributed by atoms with E-state index in [1.165, 1.54) is 4.88 Å². The molecule has 0 bridgehead atoms. The number of benzene rings is 1. The van der Waals surface area contributed by atoms with Crippen LogP contribution in [0.25, 0.3) is 10.4 Å². The molecule has 0 unspecified atom stereocenters. The lowest BCUT2D eigenvalue weighted by atomic mass is 9.76. The maximum atomic E-state index is 12.1. The number of rotatable bonds is 5. The topological polar surface area (TPSA) is 40.5 Å². The van der Waals surface area contributed by atoms with Crippen molar-refractivity contribution in [3.63, 3.8) is 0 Å². The second kappa shape index (κ2) is 7.14. The monoisotopic (exact) mass is 375 g/mol. The Morgan fingerprint density at radius 2 is 2.08 bits per heavy atom. The second-order valence-corrected chi connectivity index (χ2v) is 9.16. The van der Waals surface area contributed by atoms with Gasteiger partial charge in [0.05, 0.1) is 5.56 Å². The fourth-order valence-electron chi connectivity index (χ4n) is 3.52. The summed E-state index contributed by atoms with van der Waals surface area (Å²) in [5.74, 6) is -0.807. The highest BCUT2D eigenvalue weighted by molar-refractivity contribution is 7.77. The molecule has 134 valence electrons. The summed E-state index contributed by atoms with van der Waals surface area (Å²) in [7, 11) is 0. The summed E-state index contributed by atoms with van der Waals surface area (Å²) in [6.07, 6.45) is 2.93. The SMILES string of the molecule is CCN(S)Cc1ccccc1-c1sc2c(c1C(=O)O)CC(C)(C)CC2. The number of hydrogen-bond donors (Lipinski definition) is 2. The fourth-order valence-corrected chi connectivity index (χ4v) is 5.05. The van der Waals surface area contributed by atoms with Gasteiger partial charge in [-0.05, 0) is 41.4 Å². The van der Waals surface area contributed by atoms with Crippen molar-refractivity contribution in [2.24, 2.45) is 5.41 Å². The first kappa shape index (κ1) is 18.5. The highest BCUT2D eigenvalue weighted by atomic mass is 32.1. The number of carboxylic acid groups (broad SMARTS) is 1. The number of thiophene rings is 1. The van der Waals surface area contributed by atoms with Gasteiger partial charge >= 0.3 is 5.97 Å². The molecule has 1 aliphatic carbocycles. The number of nitrogens with zero attached hydrogens (tertiary/aromatic N) is 1. The van der Waals surface area contributed by atoms with Crippen LogP contribution in [0.2, 0.25) is 0 Å². The molecule has 0 amide bonds. The number of fused-ring (bicyclic) bond motifs is 1. The third-order valence-electron chi connectivity index (χ3n) is 4.97. The van der Waals surface area contributed by atoms with E-state index in [4.69, 9.17) is 0 Å². The van der Waals surface area contributed by atoms with Gasteiger partial charge in [0, 0.05) is 22.8 Å². The molecule has 0 aliphatic heterocycles. The fraction of sp³-hybridized carbons (Fsp3) is 0.450. The molecule has 0 saturated carbocycles. The van der Waals surface area contributed by atoms with Gasteiger partial charge in [0.2, 0.25) is 0 Å². The van der Waals surface area contributed by atoms with E-state index in [0.717, 1.165) is 47.4 Å². The minimum Gasteiger partial charge on any atom is -0.478 e. The molecule has 0 atom stereocenters. The summed E-state index contributed by atoms with van der Waals surface area (Å²) in [6.45, 7) is 8.05. The van der Waals surface area contributed by atoms with Crippen LogP contribution in [0, 0.1) is 5.41 Å². The summed E-state index contributed by atoms with van der Waals surface area (Å²) in [5.41, 5.74) is 3.89. The maximum Gasteiger partial charge on any atom is 0.337 e. The van der Waals surface area contributed by atoms with E-state index in [-0.39, 0.29) is 5.41 Å². The van der Waals surface area contributed by atoms with Gasteiger partial charge in [-0.1, -0.05) is 57.9 Å². The Morgan fingerprint density at radius 1 is 1.36 bits per heavy atom. The van der Waals surface area contributed by atoms with E-state index in [0.29, 0.717) is 12.1 Å². The highest BCUT2D eigenvalue weighted by Crippen LogP contribution is 2.45. The Kier molecular flexibility index (Phi) is 5.28. The molecule has 0 saturated heterocycles. The van der Waals surface area contributed by atoms with Crippen LogP contribution in [0.1, 0.15) is 53.6 Å². The van der Waals surface area contributed by atoms with Crippen LogP contribution in [0.3, 0.4) is 0 Å². The van der Waals surface area contributed by atoms with E-state index in [2.05, 4.69) is 39.7 Å². The zero-order valence-corrected chi connectivity index (χ0v) is 16.7. The van der Waals surface area contributed by atoms with Crippen LogP contribution in [0.15, 0.2) is 24.3 Å². The maximum absolute atomic E-state index is 12.1. The molecule has 0 radical (unpaired) electrons. The van der Waals surface area contributed by atoms with Crippen LogP contribution in [-0.2, 0) is 19.4 Å². The number of aromatic carboxylic acids is 1. The summed E-state index contributed by atoms with van der Waals surface area (Å²) < 4.78 is 1.94. The Balaban J connectivity index is 2.13. The van der Waals surface area contributed by atoms with Crippen molar-refractivity contribution in [1.82, 2.24) is 4.31 Å².